The molecule has 3 rings (SSSR count). The predicted molar refractivity (Wildman–Crippen MR) is 85.6 cm³/mol. The van der Waals surface area contributed by atoms with Crippen molar-refractivity contribution in [1.82, 2.24) is 4.90 Å². The molecule has 3 nitrogen and oxygen atoms in total. The van der Waals surface area contributed by atoms with E-state index in [0.717, 1.165) is 5.56 Å². The molecule has 0 aliphatic heterocycles. The maximum absolute atomic E-state index is 15.0. The summed E-state index contributed by atoms with van der Waals surface area (Å²) >= 11 is 0. The number of rotatable bonds is 4. The molecule has 0 bridgehead atoms. The molecule has 2 saturated carbocycles. The van der Waals surface area contributed by atoms with E-state index >= 15 is 4.39 Å². The van der Waals surface area contributed by atoms with Crippen molar-refractivity contribution in [3.8, 4) is 0 Å². The van der Waals surface area contributed by atoms with Gasteiger partial charge in [-0.15, -0.1) is 0 Å². The molecule has 0 heterocycles. The summed E-state index contributed by atoms with van der Waals surface area (Å²) in [6.07, 6.45) is -3.52. The van der Waals surface area contributed by atoms with Crippen molar-refractivity contribution in [2.24, 2.45) is 5.73 Å². The molecular formula is C18H22F4N2O. The molecule has 0 aromatic heterocycles. The second-order valence-corrected chi connectivity index (χ2v) is 7.24. The third kappa shape index (κ3) is 4.14. The van der Waals surface area contributed by atoms with Crippen LogP contribution >= 0.6 is 0 Å². The van der Waals surface area contributed by atoms with Crippen LogP contribution in [0.4, 0.5) is 17.6 Å². The number of carbonyl (C=O) groups excluding carboxylic acids is 1. The molecule has 2 aliphatic rings. The van der Waals surface area contributed by atoms with Crippen molar-refractivity contribution < 1.29 is 22.4 Å². The van der Waals surface area contributed by atoms with Crippen LogP contribution in [0.2, 0.25) is 0 Å². The first-order valence-corrected chi connectivity index (χ1v) is 8.57. The number of carbonyl (C=O) groups is 1. The fourth-order valence-electron chi connectivity index (χ4n) is 3.71. The average Bonchev–Trinajstić information content (AvgIpc) is 3.36. The molecule has 0 unspecified atom stereocenters. The number of hydrogen-bond donors (Lipinski definition) is 1. The van der Waals surface area contributed by atoms with Crippen LogP contribution in [0.1, 0.15) is 43.6 Å². The molecule has 1 aromatic rings. The van der Waals surface area contributed by atoms with Crippen LogP contribution in [0.5, 0.6) is 0 Å². The summed E-state index contributed by atoms with van der Waals surface area (Å²) < 4.78 is 54.1. The first-order valence-electron chi connectivity index (χ1n) is 8.57. The molecule has 7 heteroatoms. The van der Waals surface area contributed by atoms with Crippen LogP contribution < -0.4 is 5.73 Å². The van der Waals surface area contributed by atoms with Crippen molar-refractivity contribution in [2.75, 3.05) is 6.54 Å². The zero-order chi connectivity index (χ0) is 18.2. The van der Waals surface area contributed by atoms with E-state index in [1.54, 1.807) is 12.1 Å². The summed E-state index contributed by atoms with van der Waals surface area (Å²) in [6, 6.07) is 8.37. The van der Waals surface area contributed by atoms with Gasteiger partial charge >= 0.3 is 12.1 Å². The lowest BCUT2D eigenvalue weighted by Crippen LogP contribution is -2.51. The molecule has 25 heavy (non-hydrogen) atoms. The lowest BCUT2D eigenvalue weighted by atomic mass is 9.83. The smallest absolute Gasteiger partial charge is 0.328 e. The van der Waals surface area contributed by atoms with Gasteiger partial charge in [0.15, 0.2) is 0 Å². The number of hydrogen-bond acceptors (Lipinski definition) is 2. The Kier molecular flexibility index (Phi) is 4.79. The summed E-state index contributed by atoms with van der Waals surface area (Å²) in [7, 11) is 0. The lowest BCUT2D eigenvalue weighted by Gasteiger charge is -2.37. The Balaban J connectivity index is 1.76. The first-order chi connectivity index (χ1) is 11.7. The third-order valence-corrected chi connectivity index (χ3v) is 5.27. The number of nitrogens with two attached hydrogens (primary N) is 1. The standard InChI is InChI=1S/C18H22F4N2O/c19-17(8-6-13(23)7-9-17)11-24(16(25)18(20,21)22)15-10-14(15)12-4-2-1-3-5-12/h1-5,13-15H,6-11,23H2/t13?,14-,15+,17?/m0/s1. The number of benzene rings is 1. The molecule has 1 aromatic carbocycles. The van der Waals surface area contributed by atoms with Gasteiger partial charge in [0.25, 0.3) is 0 Å². The Hall–Kier alpha value is -1.63. The second-order valence-electron chi connectivity index (χ2n) is 7.24. The van der Waals surface area contributed by atoms with E-state index in [2.05, 4.69) is 0 Å². The molecule has 2 fully saturated rings. The van der Waals surface area contributed by atoms with Crippen LogP contribution in [0.3, 0.4) is 0 Å². The number of amides is 1. The van der Waals surface area contributed by atoms with Crippen molar-refractivity contribution in [1.29, 1.82) is 0 Å². The first kappa shape index (κ1) is 18.2. The lowest BCUT2D eigenvalue weighted by molar-refractivity contribution is -0.188. The van der Waals surface area contributed by atoms with Gasteiger partial charge in [-0.25, -0.2) is 4.39 Å². The topological polar surface area (TPSA) is 46.3 Å². The van der Waals surface area contributed by atoms with Gasteiger partial charge in [0.2, 0.25) is 0 Å². The van der Waals surface area contributed by atoms with E-state index in [1.165, 1.54) is 0 Å². The molecule has 0 saturated heterocycles. The summed E-state index contributed by atoms with van der Waals surface area (Å²) in [6.45, 7) is -0.508. The van der Waals surface area contributed by atoms with E-state index in [0.29, 0.717) is 24.2 Å². The maximum atomic E-state index is 15.0. The van der Waals surface area contributed by atoms with E-state index in [1.807, 2.05) is 18.2 Å². The van der Waals surface area contributed by atoms with E-state index in [4.69, 9.17) is 5.73 Å². The maximum Gasteiger partial charge on any atom is 0.471 e. The van der Waals surface area contributed by atoms with Gasteiger partial charge in [0.05, 0.1) is 6.54 Å². The molecule has 0 radical (unpaired) electrons. The minimum Gasteiger partial charge on any atom is -0.328 e. The van der Waals surface area contributed by atoms with E-state index in [-0.39, 0.29) is 24.8 Å². The van der Waals surface area contributed by atoms with Gasteiger partial charge in [-0.05, 0) is 37.7 Å². The van der Waals surface area contributed by atoms with Gasteiger partial charge in [-0.1, -0.05) is 30.3 Å². The quantitative estimate of drug-likeness (QED) is 0.837. The van der Waals surface area contributed by atoms with Crippen molar-refractivity contribution in [3.05, 3.63) is 35.9 Å². The second kappa shape index (κ2) is 6.59. The van der Waals surface area contributed by atoms with Gasteiger partial charge in [-0.3, -0.25) is 4.79 Å². The summed E-state index contributed by atoms with van der Waals surface area (Å²) in [5.74, 6) is -2.11. The van der Waals surface area contributed by atoms with Crippen LogP contribution in [0.25, 0.3) is 0 Å². The summed E-state index contributed by atoms with van der Waals surface area (Å²) in [5.41, 5.74) is 4.85. The van der Waals surface area contributed by atoms with E-state index in [9.17, 15) is 18.0 Å². The summed E-state index contributed by atoms with van der Waals surface area (Å²) in [4.78, 5) is 12.6. The third-order valence-electron chi connectivity index (χ3n) is 5.27. The minimum absolute atomic E-state index is 0.0958. The van der Waals surface area contributed by atoms with Crippen molar-refractivity contribution in [2.45, 2.75) is 62.0 Å². The number of nitrogens with zero attached hydrogens (tertiary/aromatic N) is 1. The Labute approximate surface area is 144 Å². The van der Waals surface area contributed by atoms with Gasteiger partial charge < -0.3 is 10.6 Å². The van der Waals surface area contributed by atoms with Crippen LogP contribution in [-0.2, 0) is 4.79 Å². The highest BCUT2D eigenvalue weighted by Gasteiger charge is 2.54. The fourth-order valence-corrected chi connectivity index (χ4v) is 3.71. The normalized spacial score (nSPS) is 32.3. The summed E-state index contributed by atoms with van der Waals surface area (Å²) in [5, 5.41) is 0. The minimum atomic E-state index is -4.99. The van der Waals surface area contributed by atoms with Gasteiger partial charge in [-0.2, -0.15) is 13.2 Å². The highest BCUT2D eigenvalue weighted by Crippen LogP contribution is 2.47. The number of alkyl halides is 4. The Morgan fingerprint density at radius 3 is 2.36 bits per heavy atom. The predicted octanol–water partition coefficient (Wildman–Crippen LogP) is 3.54. The highest BCUT2D eigenvalue weighted by atomic mass is 19.4. The average molecular weight is 358 g/mol. The Morgan fingerprint density at radius 1 is 1.20 bits per heavy atom. The molecule has 2 N–H and O–H groups in total. The molecule has 2 atom stereocenters. The molecular weight excluding hydrogens is 336 g/mol. The molecule has 0 spiro atoms. The van der Waals surface area contributed by atoms with Crippen molar-refractivity contribution in [3.63, 3.8) is 0 Å². The van der Waals surface area contributed by atoms with Crippen LogP contribution in [0, 0.1) is 0 Å². The zero-order valence-corrected chi connectivity index (χ0v) is 13.8. The molecule has 2 aliphatic carbocycles. The number of halogens is 4. The fraction of sp³-hybridized carbons (Fsp3) is 0.611. The Morgan fingerprint density at radius 2 is 1.80 bits per heavy atom. The Bertz CT molecular complexity index is 611. The SMILES string of the molecule is NC1CCC(F)(CN(C(=O)C(F)(F)F)[C@@H]2C[C@H]2c2ccccc2)CC1. The van der Waals surface area contributed by atoms with Gasteiger partial charge in [0, 0.05) is 18.0 Å². The molecule has 1 amide bonds. The van der Waals surface area contributed by atoms with Gasteiger partial charge in [0.1, 0.15) is 5.67 Å². The zero-order valence-electron chi connectivity index (χ0n) is 13.8. The highest BCUT2D eigenvalue weighted by molar-refractivity contribution is 5.82. The largest absolute Gasteiger partial charge is 0.471 e. The van der Waals surface area contributed by atoms with E-state index < -0.39 is 30.3 Å². The molecule has 138 valence electrons. The van der Waals surface area contributed by atoms with Crippen LogP contribution in [0.15, 0.2) is 30.3 Å². The monoisotopic (exact) mass is 358 g/mol. The van der Waals surface area contributed by atoms with Crippen LogP contribution in [-0.4, -0.2) is 41.3 Å². The van der Waals surface area contributed by atoms with Crippen molar-refractivity contribution >= 4 is 5.91 Å².